The predicted molar refractivity (Wildman–Crippen MR) is 112 cm³/mol. The number of nitrogens with zero attached hydrogens (tertiary/aromatic N) is 2. The number of carbonyl (C=O) groups excluding carboxylic acids is 1. The van der Waals surface area contributed by atoms with E-state index in [0.29, 0.717) is 12.3 Å². The van der Waals surface area contributed by atoms with Gasteiger partial charge in [0.25, 0.3) is 0 Å². The Labute approximate surface area is 167 Å². The topological polar surface area (TPSA) is 34.5 Å². The van der Waals surface area contributed by atoms with Crippen LogP contribution in [0.15, 0.2) is 24.3 Å². The molecule has 2 aliphatic heterocycles. The monoisotopic (exact) mass is 380 g/mol. The quantitative estimate of drug-likeness (QED) is 0.787. The van der Waals surface area contributed by atoms with Gasteiger partial charge >= 0.3 is 0 Å². The van der Waals surface area contributed by atoms with E-state index >= 15 is 0 Å². The number of piperidine rings is 1. The van der Waals surface area contributed by atoms with Gasteiger partial charge in [0.05, 0.1) is 5.60 Å². The summed E-state index contributed by atoms with van der Waals surface area (Å²) in [6, 6.07) is 8.75. The Morgan fingerprint density at radius 3 is 2.64 bits per heavy atom. The lowest BCUT2D eigenvalue weighted by Gasteiger charge is -2.44. The fourth-order valence-electron chi connectivity index (χ4n) is 5.68. The summed E-state index contributed by atoms with van der Waals surface area (Å²) in [7, 11) is 0. The standard InChI is InChI=1S/C24H32N2O2/c27-23(25-16-13-24(14-17-25)12-5-6-18-28-24)11-15-26-21-9-3-1-7-19(21)20-8-2-4-10-22(20)26/h1,3,7,9H,2,4-6,8,10-18H2. The number of aryl methyl sites for hydroxylation is 2. The molecule has 5 rings (SSSR count). The summed E-state index contributed by atoms with van der Waals surface area (Å²) in [5.74, 6) is 0.313. The number of benzene rings is 1. The summed E-state index contributed by atoms with van der Waals surface area (Å²) < 4.78 is 8.56. The molecule has 2 fully saturated rings. The fraction of sp³-hybridized carbons (Fsp3) is 0.625. The highest BCUT2D eigenvalue weighted by Gasteiger charge is 2.37. The van der Waals surface area contributed by atoms with Crippen molar-refractivity contribution in [1.29, 1.82) is 0 Å². The minimum absolute atomic E-state index is 0.0741. The van der Waals surface area contributed by atoms with Crippen LogP contribution in [0.25, 0.3) is 10.9 Å². The van der Waals surface area contributed by atoms with Gasteiger partial charge in [0, 0.05) is 49.3 Å². The Bertz CT molecular complexity index is 853. The average molecular weight is 381 g/mol. The molecule has 1 spiro atoms. The van der Waals surface area contributed by atoms with Crippen molar-refractivity contribution in [2.75, 3.05) is 19.7 Å². The van der Waals surface area contributed by atoms with Crippen molar-refractivity contribution in [2.45, 2.75) is 76.4 Å². The first-order valence-corrected chi connectivity index (χ1v) is 11.3. The Hall–Kier alpha value is -1.81. The summed E-state index contributed by atoms with van der Waals surface area (Å²) in [6.45, 7) is 3.44. The summed E-state index contributed by atoms with van der Waals surface area (Å²) in [4.78, 5) is 15.0. The summed E-state index contributed by atoms with van der Waals surface area (Å²) in [5.41, 5.74) is 4.40. The van der Waals surface area contributed by atoms with Gasteiger partial charge in [0.15, 0.2) is 0 Å². The number of likely N-dealkylation sites (tertiary alicyclic amines) is 1. The van der Waals surface area contributed by atoms with Crippen LogP contribution < -0.4 is 0 Å². The second kappa shape index (κ2) is 7.55. The number of hydrogen-bond acceptors (Lipinski definition) is 2. The van der Waals surface area contributed by atoms with Crippen LogP contribution in [0.1, 0.15) is 62.6 Å². The molecule has 0 bridgehead atoms. The lowest BCUT2D eigenvalue weighted by atomic mass is 9.84. The number of amides is 1. The SMILES string of the molecule is O=C(CCn1c2c(c3ccccc31)CCCC2)N1CCC2(CCCCO2)CC1. The first-order chi connectivity index (χ1) is 13.8. The van der Waals surface area contributed by atoms with Crippen molar-refractivity contribution in [3.05, 3.63) is 35.5 Å². The minimum Gasteiger partial charge on any atom is -0.375 e. The smallest absolute Gasteiger partial charge is 0.224 e. The molecule has 3 heterocycles. The van der Waals surface area contributed by atoms with Crippen LogP contribution in [-0.4, -0.2) is 40.7 Å². The molecule has 0 N–H and O–H groups in total. The van der Waals surface area contributed by atoms with E-state index in [1.807, 2.05) is 0 Å². The second-order valence-corrected chi connectivity index (χ2v) is 8.92. The molecule has 0 saturated carbocycles. The van der Waals surface area contributed by atoms with Crippen LogP contribution in [0.4, 0.5) is 0 Å². The van der Waals surface area contributed by atoms with Crippen molar-refractivity contribution >= 4 is 16.8 Å². The number of fused-ring (bicyclic) bond motifs is 3. The molecule has 1 amide bonds. The van der Waals surface area contributed by atoms with Gasteiger partial charge in [-0.3, -0.25) is 4.79 Å². The van der Waals surface area contributed by atoms with E-state index in [0.717, 1.165) is 45.5 Å². The molecule has 0 radical (unpaired) electrons. The van der Waals surface area contributed by atoms with Gasteiger partial charge in [-0.1, -0.05) is 18.2 Å². The van der Waals surface area contributed by atoms with E-state index < -0.39 is 0 Å². The van der Waals surface area contributed by atoms with Crippen molar-refractivity contribution in [1.82, 2.24) is 9.47 Å². The number of para-hydroxylation sites is 1. The first-order valence-electron chi connectivity index (χ1n) is 11.3. The molecule has 0 unspecified atom stereocenters. The van der Waals surface area contributed by atoms with Crippen molar-refractivity contribution in [2.24, 2.45) is 0 Å². The highest BCUT2D eigenvalue weighted by molar-refractivity contribution is 5.86. The molecule has 0 atom stereocenters. The molecular weight excluding hydrogens is 348 g/mol. The van der Waals surface area contributed by atoms with Gasteiger partial charge < -0.3 is 14.2 Å². The van der Waals surface area contributed by atoms with Gasteiger partial charge in [-0.2, -0.15) is 0 Å². The normalized spacial score (nSPS) is 21.8. The van der Waals surface area contributed by atoms with E-state index in [9.17, 15) is 4.79 Å². The number of carbonyl (C=O) groups is 1. The van der Waals surface area contributed by atoms with Crippen LogP contribution in [0.2, 0.25) is 0 Å². The number of aromatic nitrogens is 1. The van der Waals surface area contributed by atoms with E-state index in [4.69, 9.17) is 4.74 Å². The fourth-order valence-corrected chi connectivity index (χ4v) is 5.68. The molecule has 1 aliphatic carbocycles. The second-order valence-electron chi connectivity index (χ2n) is 8.92. The van der Waals surface area contributed by atoms with Crippen LogP contribution >= 0.6 is 0 Å². The van der Waals surface area contributed by atoms with Crippen LogP contribution in [0.5, 0.6) is 0 Å². The predicted octanol–water partition coefficient (Wildman–Crippen LogP) is 4.47. The zero-order valence-electron chi connectivity index (χ0n) is 16.9. The Morgan fingerprint density at radius 2 is 1.82 bits per heavy atom. The molecule has 1 aromatic heterocycles. The molecule has 1 aromatic carbocycles. The van der Waals surface area contributed by atoms with Crippen molar-refractivity contribution in [3.8, 4) is 0 Å². The molecule has 4 heteroatoms. The van der Waals surface area contributed by atoms with E-state index in [2.05, 4.69) is 33.7 Å². The van der Waals surface area contributed by atoms with Crippen LogP contribution in [0, 0.1) is 0 Å². The van der Waals surface area contributed by atoms with Gasteiger partial charge in [-0.05, 0) is 69.4 Å². The average Bonchev–Trinajstić information content (AvgIpc) is 3.07. The highest BCUT2D eigenvalue weighted by Crippen LogP contribution is 2.35. The number of hydrogen-bond donors (Lipinski definition) is 0. The van der Waals surface area contributed by atoms with E-state index in [-0.39, 0.29) is 5.60 Å². The third kappa shape index (κ3) is 3.26. The van der Waals surface area contributed by atoms with Gasteiger partial charge in [-0.25, -0.2) is 0 Å². The molecular formula is C24H32N2O2. The van der Waals surface area contributed by atoms with Crippen molar-refractivity contribution in [3.63, 3.8) is 0 Å². The van der Waals surface area contributed by atoms with Gasteiger partial charge in [0.1, 0.15) is 0 Å². The lowest BCUT2D eigenvalue weighted by molar-refractivity contribution is -0.142. The summed E-state index contributed by atoms with van der Waals surface area (Å²) >= 11 is 0. The maximum Gasteiger partial charge on any atom is 0.224 e. The molecule has 28 heavy (non-hydrogen) atoms. The van der Waals surface area contributed by atoms with E-state index in [1.165, 1.54) is 60.7 Å². The minimum atomic E-state index is 0.0741. The molecule has 2 saturated heterocycles. The zero-order chi connectivity index (χ0) is 19.0. The molecule has 2 aromatic rings. The Morgan fingerprint density at radius 1 is 1.00 bits per heavy atom. The summed E-state index contributed by atoms with van der Waals surface area (Å²) in [5, 5.41) is 1.40. The van der Waals surface area contributed by atoms with Crippen LogP contribution in [0.3, 0.4) is 0 Å². The number of rotatable bonds is 3. The highest BCUT2D eigenvalue weighted by atomic mass is 16.5. The Kier molecular flexibility index (Phi) is 4.92. The maximum atomic E-state index is 12.9. The molecule has 150 valence electrons. The largest absolute Gasteiger partial charge is 0.375 e. The van der Waals surface area contributed by atoms with Gasteiger partial charge in [0.2, 0.25) is 5.91 Å². The van der Waals surface area contributed by atoms with Crippen molar-refractivity contribution < 1.29 is 9.53 Å². The van der Waals surface area contributed by atoms with Gasteiger partial charge in [-0.15, -0.1) is 0 Å². The first kappa shape index (κ1) is 18.2. The third-order valence-electron chi connectivity index (χ3n) is 7.30. The molecule has 3 aliphatic rings. The molecule has 4 nitrogen and oxygen atoms in total. The summed E-state index contributed by atoms with van der Waals surface area (Å²) in [6.07, 6.45) is 11.2. The Balaban J connectivity index is 1.26. The number of ether oxygens (including phenoxy) is 1. The third-order valence-corrected chi connectivity index (χ3v) is 7.30. The van der Waals surface area contributed by atoms with Crippen LogP contribution in [-0.2, 0) is 28.9 Å². The van der Waals surface area contributed by atoms with E-state index in [1.54, 1.807) is 0 Å². The zero-order valence-corrected chi connectivity index (χ0v) is 16.9. The maximum absolute atomic E-state index is 12.9. The lowest BCUT2D eigenvalue weighted by Crippen LogP contribution is -2.49.